The third kappa shape index (κ3) is 4.80. The smallest absolute Gasteiger partial charge is 0.269 e. The SMILES string of the molecule is CC(=O)/C(=C\c1ccc(F)c(Br)c1)C(=O)Nc1ccc([N+](=O)[O-])cc1. The summed E-state index contributed by atoms with van der Waals surface area (Å²) in [7, 11) is 0. The quantitative estimate of drug-likeness (QED) is 0.266. The number of non-ortho nitro benzene ring substituents is 1. The maximum atomic E-state index is 13.3. The fourth-order valence-electron chi connectivity index (χ4n) is 1.96. The molecule has 0 aromatic heterocycles. The van der Waals surface area contributed by atoms with Gasteiger partial charge in [-0.3, -0.25) is 19.7 Å². The number of nitro benzene ring substituents is 1. The van der Waals surface area contributed by atoms with E-state index in [1.54, 1.807) is 0 Å². The van der Waals surface area contributed by atoms with Crippen molar-refractivity contribution in [1.29, 1.82) is 0 Å². The third-order valence-electron chi connectivity index (χ3n) is 3.21. The minimum atomic E-state index is -0.665. The first-order valence-electron chi connectivity index (χ1n) is 7.01. The van der Waals surface area contributed by atoms with Gasteiger partial charge in [0.25, 0.3) is 11.6 Å². The highest BCUT2D eigenvalue weighted by molar-refractivity contribution is 9.10. The van der Waals surface area contributed by atoms with E-state index in [2.05, 4.69) is 21.2 Å². The molecule has 2 aromatic carbocycles. The molecule has 0 fully saturated rings. The first-order chi connectivity index (χ1) is 11.8. The fourth-order valence-corrected chi connectivity index (χ4v) is 2.36. The summed E-state index contributed by atoms with van der Waals surface area (Å²) < 4.78 is 13.5. The molecule has 0 saturated heterocycles. The van der Waals surface area contributed by atoms with E-state index in [1.165, 1.54) is 55.5 Å². The van der Waals surface area contributed by atoms with E-state index in [0.29, 0.717) is 11.3 Å². The molecule has 2 aromatic rings. The van der Waals surface area contributed by atoms with Crippen molar-refractivity contribution in [2.45, 2.75) is 6.92 Å². The number of nitrogens with one attached hydrogen (secondary N) is 1. The molecule has 0 radical (unpaired) electrons. The molecule has 2 rings (SSSR count). The van der Waals surface area contributed by atoms with Crippen molar-refractivity contribution >= 4 is 45.1 Å². The minimum Gasteiger partial charge on any atom is -0.322 e. The Hall–Kier alpha value is -2.87. The number of rotatable bonds is 5. The Labute approximate surface area is 150 Å². The van der Waals surface area contributed by atoms with E-state index in [0.717, 1.165) is 0 Å². The Kier molecular flexibility index (Phi) is 5.76. The van der Waals surface area contributed by atoms with Gasteiger partial charge in [-0.25, -0.2) is 4.39 Å². The highest BCUT2D eigenvalue weighted by Crippen LogP contribution is 2.20. The summed E-state index contributed by atoms with van der Waals surface area (Å²) in [6.45, 7) is 1.24. The number of halogens is 2. The van der Waals surface area contributed by atoms with E-state index in [9.17, 15) is 24.1 Å². The Morgan fingerprint density at radius 1 is 1.20 bits per heavy atom. The van der Waals surface area contributed by atoms with Crippen LogP contribution in [0.3, 0.4) is 0 Å². The van der Waals surface area contributed by atoms with E-state index < -0.39 is 22.4 Å². The van der Waals surface area contributed by atoms with Crippen molar-refractivity contribution in [3.8, 4) is 0 Å². The average molecular weight is 407 g/mol. The van der Waals surface area contributed by atoms with Crippen LogP contribution in [-0.2, 0) is 9.59 Å². The number of anilines is 1. The predicted octanol–water partition coefficient (Wildman–Crippen LogP) is 4.11. The molecule has 0 aliphatic rings. The molecule has 8 heteroatoms. The molecule has 0 spiro atoms. The van der Waals surface area contributed by atoms with Gasteiger partial charge in [0.2, 0.25) is 0 Å². The van der Waals surface area contributed by atoms with Crippen LogP contribution in [0.15, 0.2) is 52.5 Å². The second kappa shape index (κ2) is 7.80. The molecule has 25 heavy (non-hydrogen) atoms. The normalized spacial score (nSPS) is 11.1. The van der Waals surface area contributed by atoms with Gasteiger partial charge in [0, 0.05) is 17.8 Å². The number of Topliss-reactive ketones (excluding diaryl/α,β-unsaturated/α-hetero) is 1. The van der Waals surface area contributed by atoms with E-state index in [4.69, 9.17) is 0 Å². The summed E-state index contributed by atoms with van der Waals surface area (Å²) in [5, 5.41) is 13.1. The Morgan fingerprint density at radius 2 is 1.84 bits per heavy atom. The van der Waals surface area contributed by atoms with Crippen molar-refractivity contribution in [2.75, 3.05) is 5.32 Å². The number of carbonyl (C=O) groups excluding carboxylic acids is 2. The van der Waals surface area contributed by atoms with Crippen molar-refractivity contribution in [3.63, 3.8) is 0 Å². The van der Waals surface area contributed by atoms with Crippen LogP contribution >= 0.6 is 15.9 Å². The summed E-state index contributed by atoms with van der Waals surface area (Å²) in [6.07, 6.45) is 1.34. The van der Waals surface area contributed by atoms with Gasteiger partial charge in [-0.05, 0) is 58.8 Å². The summed E-state index contributed by atoms with van der Waals surface area (Å²) in [5.74, 6) is -1.60. The van der Waals surface area contributed by atoms with Gasteiger partial charge >= 0.3 is 0 Å². The lowest BCUT2D eigenvalue weighted by Crippen LogP contribution is -2.18. The van der Waals surface area contributed by atoms with Crippen LogP contribution < -0.4 is 5.32 Å². The van der Waals surface area contributed by atoms with Gasteiger partial charge in [-0.15, -0.1) is 0 Å². The number of benzene rings is 2. The van der Waals surface area contributed by atoms with Crippen LogP contribution in [0.5, 0.6) is 0 Å². The van der Waals surface area contributed by atoms with Crippen molar-refractivity contribution in [1.82, 2.24) is 0 Å². The number of hydrogen-bond donors (Lipinski definition) is 1. The topological polar surface area (TPSA) is 89.3 Å². The van der Waals surface area contributed by atoms with Gasteiger partial charge in [-0.1, -0.05) is 6.07 Å². The average Bonchev–Trinajstić information content (AvgIpc) is 2.55. The summed E-state index contributed by atoms with van der Waals surface area (Å²) in [4.78, 5) is 34.1. The minimum absolute atomic E-state index is 0.114. The molecular formula is C17H12BrFN2O4. The first kappa shape index (κ1) is 18.5. The zero-order valence-corrected chi connectivity index (χ0v) is 14.5. The Bertz CT molecular complexity index is 879. The monoisotopic (exact) mass is 406 g/mol. The molecule has 0 atom stereocenters. The molecule has 128 valence electrons. The number of hydrogen-bond acceptors (Lipinski definition) is 4. The predicted molar refractivity (Wildman–Crippen MR) is 94.5 cm³/mol. The largest absolute Gasteiger partial charge is 0.322 e. The maximum absolute atomic E-state index is 13.3. The highest BCUT2D eigenvalue weighted by Gasteiger charge is 2.15. The van der Waals surface area contributed by atoms with Gasteiger partial charge in [-0.2, -0.15) is 0 Å². The lowest BCUT2D eigenvalue weighted by molar-refractivity contribution is -0.384. The van der Waals surface area contributed by atoms with Crippen LogP contribution in [0, 0.1) is 15.9 Å². The molecule has 0 saturated carbocycles. The Balaban J connectivity index is 2.25. The molecule has 0 bridgehead atoms. The van der Waals surface area contributed by atoms with E-state index in [1.807, 2.05) is 0 Å². The van der Waals surface area contributed by atoms with Crippen LogP contribution in [0.2, 0.25) is 0 Å². The maximum Gasteiger partial charge on any atom is 0.269 e. The summed E-state index contributed by atoms with van der Waals surface area (Å²) in [5.41, 5.74) is 0.536. The standard InChI is InChI=1S/C17H12BrFN2O4/c1-10(22)14(8-11-2-7-16(19)15(18)9-11)17(23)20-12-3-5-13(6-4-12)21(24)25/h2-9H,1H3,(H,20,23)/b14-8+. The lowest BCUT2D eigenvalue weighted by atomic mass is 10.1. The highest BCUT2D eigenvalue weighted by atomic mass is 79.9. The van der Waals surface area contributed by atoms with E-state index >= 15 is 0 Å². The summed E-state index contributed by atoms with van der Waals surface area (Å²) in [6, 6.07) is 9.29. The van der Waals surface area contributed by atoms with Gasteiger partial charge in [0.05, 0.1) is 15.0 Å². The molecule has 0 unspecified atom stereocenters. The zero-order chi connectivity index (χ0) is 18.6. The van der Waals surface area contributed by atoms with Crippen molar-refractivity contribution < 1.29 is 18.9 Å². The third-order valence-corrected chi connectivity index (χ3v) is 3.82. The molecule has 1 amide bonds. The van der Waals surface area contributed by atoms with Gasteiger partial charge in [0.15, 0.2) is 5.78 Å². The van der Waals surface area contributed by atoms with Gasteiger partial charge in [0.1, 0.15) is 5.82 Å². The first-order valence-corrected chi connectivity index (χ1v) is 7.80. The Morgan fingerprint density at radius 3 is 2.36 bits per heavy atom. The number of nitrogens with zero attached hydrogens (tertiary/aromatic N) is 1. The van der Waals surface area contributed by atoms with Crippen LogP contribution in [-0.4, -0.2) is 16.6 Å². The van der Waals surface area contributed by atoms with Crippen molar-refractivity contribution in [3.05, 3.63) is 74.0 Å². The number of amides is 1. The molecule has 0 aliphatic carbocycles. The van der Waals surface area contributed by atoms with Crippen LogP contribution in [0.25, 0.3) is 6.08 Å². The molecule has 6 nitrogen and oxygen atoms in total. The zero-order valence-electron chi connectivity index (χ0n) is 13.0. The second-order valence-corrected chi connectivity index (χ2v) is 5.90. The molecule has 1 N–H and O–H groups in total. The number of ketones is 1. The molecule has 0 aliphatic heterocycles. The molecular weight excluding hydrogens is 395 g/mol. The van der Waals surface area contributed by atoms with Crippen LogP contribution in [0.4, 0.5) is 15.8 Å². The van der Waals surface area contributed by atoms with Crippen molar-refractivity contribution in [2.24, 2.45) is 0 Å². The van der Waals surface area contributed by atoms with E-state index in [-0.39, 0.29) is 15.7 Å². The number of carbonyl (C=O) groups is 2. The van der Waals surface area contributed by atoms with Crippen LogP contribution in [0.1, 0.15) is 12.5 Å². The lowest BCUT2D eigenvalue weighted by Gasteiger charge is -2.07. The second-order valence-electron chi connectivity index (χ2n) is 5.05. The fraction of sp³-hybridized carbons (Fsp3) is 0.0588. The number of nitro groups is 1. The molecule has 0 heterocycles. The summed E-state index contributed by atoms with van der Waals surface area (Å²) >= 11 is 3.04. The van der Waals surface area contributed by atoms with Gasteiger partial charge < -0.3 is 5.32 Å².